The summed E-state index contributed by atoms with van der Waals surface area (Å²) in [7, 11) is 0. The van der Waals surface area contributed by atoms with Gasteiger partial charge in [-0.05, 0) is 18.4 Å². The zero-order valence-corrected chi connectivity index (χ0v) is 8.13. The molecule has 0 spiro atoms. The fraction of sp³-hybridized carbons (Fsp3) is 0.333. The highest BCUT2D eigenvalue weighted by Crippen LogP contribution is 2.34. The zero-order valence-electron chi connectivity index (χ0n) is 8.13. The highest BCUT2D eigenvalue weighted by molar-refractivity contribution is 5.20. The Balaban J connectivity index is 2.18. The molecule has 0 aromatic heterocycles. The minimum atomic E-state index is 0.111. The lowest BCUT2D eigenvalue weighted by molar-refractivity contribution is -0.123. The maximum Gasteiger partial charge on any atom is 0.0606 e. The molecule has 2 atom stereocenters. The summed E-state index contributed by atoms with van der Waals surface area (Å²) in [5, 5.41) is 11.3. The molecule has 0 amide bonds. The van der Waals surface area contributed by atoms with Gasteiger partial charge in [0.25, 0.3) is 0 Å². The summed E-state index contributed by atoms with van der Waals surface area (Å²) in [4.78, 5) is 0. The van der Waals surface area contributed by atoms with Crippen LogP contribution in [0.2, 0.25) is 0 Å². The third kappa shape index (κ3) is 1.59. The fourth-order valence-corrected chi connectivity index (χ4v) is 2.04. The van der Waals surface area contributed by atoms with Crippen molar-refractivity contribution in [3.63, 3.8) is 0 Å². The van der Waals surface area contributed by atoms with Crippen molar-refractivity contribution in [1.29, 1.82) is 0 Å². The van der Waals surface area contributed by atoms with E-state index >= 15 is 0 Å². The Morgan fingerprint density at radius 3 is 2.57 bits per heavy atom. The predicted octanol–water partition coefficient (Wildman–Crippen LogP) is 2.77. The molecule has 1 aliphatic rings. The van der Waals surface area contributed by atoms with E-state index in [9.17, 15) is 5.21 Å². The molecule has 1 saturated heterocycles. The van der Waals surface area contributed by atoms with Crippen LogP contribution in [0, 0.1) is 0 Å². The van der Waals surface area contributed by atoms with Gasteiger partial charge >= 0.3 is 0 Å². The van der Waals surface area contributed by atoms with Gasteiger partial charge in [0.15, 0.2) is 0 Å². The van der Waals surface area contributed by atoms with Gasteiger partial charge in [0.05, 0.1) is 12.1 Å². The van der Waals surface area contributed by atoms with Crippen molar-refractivity contribution in [2.75, 3.05) is 0 Å². The van der Waals surface area contributed by atoms with Crippen LogP contribution in [-0.2, 0) is 0 Å². The van der Waals surface area contributed by atoms with Gasteiger partial charge in [-0.25, -0.2) is 0 Å². The van der Waals surface area contributed by atoms with E-state index in [2.05, 4.69) is 18.7 Å². The summed E-state index contributed by atoms with van der Waals surface area (Å²) in [6.45, 7) is 3.72. The summed E-state index contributed by atoms with van der Waals surface area (Å²) in [5.41, 5.74) is 1.18. The van der Waals surface area contributed by atoms with E-state index in [0.29, 0.717) is 0 Å². The van der Waals surface area contributed by atoms with E-state index < -0.39 is 0 Å². The molecule has 2 rings (SSSR count). The number of hydrogen-bond acceptors (Lipinski definition) is 2. The molecular weight excluding hydrogens is 174 g/mol. The minimum Gasteiger partial charge on any atom is -0.313 e. The summed E-state index contributed by atoms with van der Waals surface area (Å²) in [6, 6.07) is 10.4. The topological polar surface area (TPSA) is 23.5 Å². The van der Waals surface area contributed by atoms with Crippen LogP contribution in [0.5, 0.6) is 0 Å². The van der Waals surface area contributed by atoms with Crippen LogP contribution in [-0.4, -0.2) is 16.3 Å². The highest BCUT2D eigenvalue weighted by Gasteiger charge is 2.31. The average Bonchev–Trinajstić information content (AvgIpc) is 2.61. The fourth-order valence-electron chi connectivity index (χ4n) is 2.04. The summed E-state index contributed by atoms with van der Waals surface area (Å²) < 4.78 is 0. The van der Waals surface area contributed by atoms with Gasteiger partial charge in [-0.2, -0.15) is 5.06 Å². The second-order valence-corrected chi connectivity index (χ2v) is 3.69. The van der Waals surface area contributed by atoms with Crippen molar-refractivity contribution in [2.45, 2.75) is 24.9 Å². The van der Waals surface area contributed by atoms with E-state index in [0.717, 1.165) is 12.8 Å². The first-order chi connectivity index (χ1) is 6.83. The molecule has 0 aliphatic carbocycles. The lowest BCUT2D eigenvalue weighted by Crippen LogP contribution is -2.26. The third-order valence-electron chi connectivity index (χ3n) is 2.85. The molecule has 1 heterocycles. The largest absolute Gasteiger partial charge is 0.313 e. The Hall–Kier alpha value is -1.12. The molecule has 1 aromatic carbocycles. The van der Waals surface area contributed by atoms with Gasteiger partial charge < -0.3 is 5.21 Å². The number of nitrogens with zero attached hydrogens (tertiary/aromatic N) is 1. The van der Waals surface area contributed by atoms with Crippen molar-refractivity contribution in [1.82, 2.24) is 5.06 Å². The Morgan fingerprint density at radius 2 is 2.00 bits per heavy atom. The Labute approximate surface area is 84.4 Å². The van der Waals surface area contributed by atoms with Gasteiger partial charge in [-0.1, -0.05) is 36.4 Å². The molecular formula is C12H15NO. The standard InChI is InChI=1S/C12H15NO/c1-2-11-8-9-12(13(11)14)10-6-4-3-5-7-10/h2-7,11-12,14H,1,8-9H2/t11-,12-/m0/s1. The average molecular weight is 189 g/mol. The number of rotatable bonds is 2. The third-order valence-corrected chi connectivity index (χ3v) is 2.85. The van der Waals surface area contributed by atoms with Crippen molar-refractivity contribution >= 4 is 0 Å². The van der Waals surface area contributed by atoms with Gasteiger partial charge in [-0.15, -0.1) is 6.58 Å². The maximum absolute atomic E-state index is 9.86. The van der Waals surface area contributed by atoms with E-state index in [-0.39, 0.29) is 12.1 Å². The lowest BCUT2D eigenvalue weighted by Gasteiger charge is -2.21. The second-order valence-electron chi connectivity index (χ2n) is 3.69. The number of hydroxylamine groups is 2. The first kappa shape index (κ1) is 9.44. The first-order valence-electron chi connectivity index (χ1n) is 4.97. The van der Waals surface area contributed by atoms with E-state index in [1.165, 1.54) is 10.6 Å². The van der Waals surface area contributed by atoms with Gasteiger partial charge in [0.1, 0.15) is 0 Å². The van der Waals surface area contributed by atoms with Crippen LogP contribution in [0.1, 0.15) is 24.4 Å². The molecule has 0 unspecified atom stereocenters. The minimum absolute atomic E-state index is 0.111. The quantitative estimate of drug-likeness (QED) is 0.723. The number of benzene rings is 1. The van der Waals surface area contributed by atoms with E-state index in [1.54, 1.807) is 0 Å². The van der Waals surface area contributed by atoms with Crippen LogP contribution in [0.4, 0.5) is 0 Å². The normalized spacial score (nSPS) is 27.8. The van der Waals surface area contributed by atoms with E-state index in [1.807, 2.05) is 24.3 Å². The van der Waals surface area contributed by atoms with Crippen LogP contribution >= 0.6 is 0 Å². The molecule has 2 nitrogen and oxygen atoms in total. The maximum atomic E-state index is 9.86. The zero-order chi connectivity index (χ0) is 9.97. The molecule has 1 aromatic rings. The van der Waals surface area contributed by atoms with Crippen molar-refractivity contribution in [3.8, 4) is 0 Å². The SMILES string of the molecule is C=C[C@H]1CC[C@@H](c2ccccc2)N1O. The van der Waals surface area contributed by atoms with Crippen LogP contribution in [0.25, 0.3) is 0 Å². The van der Waals surface area contributed by atoms with Crippen molar-refractivity contribution < 1.29 is 5.21 Å². The Kier molecular flexibility index (Phi) is 2.66. The summed E-state index contributed by atoms with van der Waals surface area (Å²) >= 11 is 0. The first-order valence-corrected chi connectivity index (χ1v) is 4.97. The molecule has 0 saturated carbocycles. The lowest BCUT2D eigenvalue weighted by atomic mass is 10.1. The van der Waals surface area contributed by atoms with Gasteiger partial charge in [0.2, 0.25) is 0 Å². The molecule has 1 fully saturated rings. The van der Waals surface area contributed by atoms with E-state index in [4.69, 9.17) is 0 Å². The van der Waals surface area contributed by atoms with Crippen LogP contribution in [0.15, 0.2) is 43.0 Å². The van der Waals surface area contributed by atoms with Crippen LogP contribution < -0.4 is 0 Å². The predicted molar refractivity (Wildman–Crippen MR) is 56.0 cm³/mol. The molecule has 1 aliphatic heterocycles. The number of hydrogen-bond donors (Lipinski definition) is 1. The smallest absolute Gasteiger partial charge is 0.0606 e. The molecule has 14 heavy (non-hydrogen) atoms. The Morgan fingerprint density at radius 1 is 1.29 bits per heavy atom. The monoisotopic (exact) mass is 189 g/mol. The second kappa shape index (κ2) is 3.95. The molecule has 0 radical (unpaired) electrons. The highest BCUT2D eigenvalue weighted by atomic mass is 16.5. The Bertz CT molecular complexity index is 309. The molecule has 0 bridgehead atoms. The molecule has 2 heteroatoms. The molecule has 74 valence electrons. The van der Waals surface area contributed by atoms with Gasteiger partial charge in [-0.3, -0.25) is 0 Å². The summed E-state index contributed by atoms with van der Waals surface area (Å²) in [6.07, 6.45) is 3.79. The van der Waals surface area contributed by atoms with Crippen molar-refractivity contribution in [2.24, 2.45) is 0 Å². The molecule has 1 N–H and O–H groups in total. The van der Waals surface area contributed by atoms with Gasteiger partial charge in [0, 0.05) is 0 Å². The van der Waals surface area contributed by atoms with Crippen molar-refractivity contribution in [3.05, 3.63) is 48.6 Å². The van der Waals surface area contributed by atoms with Crippen LogP contribution in [0.3, 0.4) is 0 Å². The summed E-state index contributed by atoms with van der Waals surface area (Å²) in [5.74, 6) is 0.